The second kappa shape index (κ2) is 12.1. The van der Waals surface area contributed by atoms with Crippen molar-refractivity contribution in [1.29, 1.82) is 0 Å². The summed E-state index contributed by atoms with van der Waals surface area (Å²) in [7, 11) is 0. The lowest BCUT2D eigenvalue weighted by Gasteiger charge is -2.57. The molecule has 4 aromatic heterocycles. The highest BCUT2D eigenvalue weighted by Gasteiger charge is 2.54. The number of aromatic nitrogens is 2. The van der Waals surface area contributed by atoms with Gasteiger partial charge in [-0.2, -0.15) is 0 Å². The highest BCUT2D eigenvalue weighted by Crippen LogP contribution is 2.64. The molecule has 10 saturated carbocycles. The van der Waals surface area contributed by atoms with Gasteiger partial charge in [0, 0.05) is 65.5 Å². The zero-order valence-electron chi connectivity index (χ0n) is 43.1. The molecule has 0 atom stereocenters. The van der Waals surface area contributed by atoms with Crippen LogP contribution in [-0.4, -0.2) is 20.4 Å². The molecular weight excluding hydrogens is 853 g/mol. The van der Waals surface area contributed by atoms with E-state index in [0.717, 1.165) is 153 Å². The first-order valence-corrected chi connectivity index (χ1v) is 28.5. The van der Waals surface area contributed by atoms with Crippen LogP contribution in [0.1, 0.15) is 194 Å². The molecule has 23 rings (SSSR count). The third kappa shape index (κ3) is 4.47. The van der Waals surface area contributed by atoms with E-state index in [1.165, 1.54) is 121 Å². The number of Topliss-reactive ketones (excluding diaryl/α,β-unsaturated/α-hetero) is 2. The largest absolute Gasteiger partial charge is 0.308 e. The molecule has 70 heavy (non-hydrogen) atoms. The topological polar surface area (TPSA) is 43.0 Å². The van der Waals surface area contributed by atoms with E-state index in [0.29, 0.717) is 29.6 Å². The normalized spacial score (nSPS) is 38.5. The fourth-order valence-corrected chi connectivity index (χ4v) is 21.3. The van der Waals surface area contributed by atoms with Crippen molar-refractivity contribution in [3.05, 3.63) is 94.0 Å². The molecular formula is C66H64N2O2. The predicted molar refractivity (Wildman–Crippen MR) is 283 cm³/mol. The first-order chi connectivity index (χ1) is 34.8. The van der Waals surface area contributed by atoms with Crippen LogP contribution in [0.2, 0.25) is 0 Å². The highest BCUT2D eigenvalue weighted by molar-refractivity contribution is 6.30. The van der Waals surface area contributed by atoms with Gasteiger partial charge in [-0.25, -0.2) is 0 Å². The van der Waals surface area contributed by atoms with Gasteiger partial charge in [0.1, 0.15) is 0 Å². The van der Waals surface area contributed by atoms with Crippen molar-refractivity contribution in [3.8, 4) is 0 Å². The number of rotatable bonds is 2. The Hall–Kier alpha value is -4.96. The minimum absolute atomic E-state index is 0.0480. The monoisotopic (exact) mass is 919 g/mol. The number of carbonyl (C=O) groups excluding carboxylic acids is 2. The van der Waals surface area contributed by atoms with Gasteiger partial charge in [-0.15, -0.1) is 0 Å². The molecule has 12 bridgehead atoms. The van der Waals surface area contributed by atoms with Crippen molar-refractivity contribution in [2.24, 2.45) is 46.8 Å². The molecule has 5 aromatic carbocycles. The van der Waals surface area contributed by atoms with Crippen molar-refractivity contribution in [2.75, 3.05) is 0 Å². The fourth-order valence-electron chi connectivity index (χ4n) is 21.3. The average molecular weight is 919 g/mol. The molecule has 0 radical (unpaired) electrons. The second-order valence-corrected chi connectivity index (χ2v) is 27.8. The molecule has 0 aliphatic heterocycles. The van der Waals surface area contributed by atoms with Gasteiger partial charge in [0.2, 0.25) is 0 Å². The Kier molecular flexibility index (Phi) is 6.37. The van der Waals surface area contributed by atoms with Gasteiger partial charge in [0.15, 0.2) is 11.6 Å². The van der Waals surface area contributed by atoms with Crippen LogP contribution in [0.15, 0.2) is 60.6 Å². The van der Waals surface area contributed by atoms with Crippen LogP contribution < -0.4 is 0 Å². The summed E-state index contributed by atoms with van der Waals surface area (Å²) in [6.07, 6.45) is 24.0. The van der Waals surface area contributed by atoms with E-state index in [4.69, 9.17) is 0 Å². The molecule has 4 heterocycles. The van der Waals surface area contributed by atoms with Crippen LogP contribution in [0.3, 0.4) is 0 Å². The number of carbonyl (C=O) groups is 2. The van der Waals surface area contributed by atoms with Gasteiger partial charge in [0.05, 0.1) is 35.8 Å². The number of hydrogen-bond donors (Lipinski definition) is 0. The van der Waals surface area contributed by atoms with E-state index in [1.54, 1.807) is 0 Å². The average Bonchev–Trinajstić information content (AvgIpc) is 4.03. The van der Waals surface area contributed by atoms with E-state index < -0.39 is 0 Å². The minimum Gasteiger partial charge on any atom is -0.308 e. The lowest BCUT2D eigenvalue weighted by atomic mass is 9.48. The maximum absolute atomic E-state index is 15.0. The molecule has 14 aliphatic carbocycles. The minimum atomic E-state index is -0.355. The summed E-state index contributed by atoms with van der Waals surface area (Å²) in [5, 5.41) is 8.98. The van der Waals surface area contributed by atoms with E-state index in [-0.39, 0.29) is 27.6 Å². The van der Waals surface area contributed by atoms with Crippen LogP contribution in [0.5, 0.6) is 0 Å². The molecule has 4 nitrogen and oxygen atoms in total. The van der Waals surface area contributed by atoms with Crippen LogP contribution in [0.4, 0.5) is 0 Å². The summed E-state index contributed by atoms with van der Waals surface area (Å²) in [6, 6.07) is 20.7. The van der Waals surface area contributed by atoms with Crippen molar-refractivity contribution in [2.45, 2.75) is 164 Å². The number of fused-ring (bicyclic) bond motifs is 16. The van der Waals surface area contributed by atoms with Crippen molar-refractivity contribution in [3.63, 3.8) is 0 Å². The maximum Gasteiger partial charge on any atom is 0.169 e. The van der Waals surface area contributed by atoms with Crippen molar-refractivity contribution < 1.29 is 12.3 Å². The fraction of sp³-hybridized carbons (Fsp3) is 0.515. The molecule has 0 unspecified atom stereocenters. The Morgan fingerprint density at radius 2 is 0.871 bits per heavy atom. The van der Waals surface area contributed by atoms with E-state index in [9.17, 15) is 7.54 Å². The maximum atomic E-state index is 15.0. The summed E-state index contributed by atoms with van der Waals surface area (Å²) in [4.78, 5) is 29.6. The quantitative estimate of drug-likeness (QED) is 0.173. The second-order valence-electron chi connectivity index (χ2n) is 27.8. The zero-order valence-corrected chi connectivity index (χ0v) is 41.1. The number of nitrogens with zero attached hydrogens (tertiary/aromatic N) is 2. The van der Waals surface area contributed by atoms with Gasteiger partial charge in [-0.3, -0.25) is 9.59 Å². The predicted octanol–water partition coefficient (Wildman–Crippen LogP) is 16.4. The summed E-state index contributed by atoms with van der Waals surface area (Å²) in [5.74, 6) is 5.93. The Balaban J connectivity index is 0.978. The van der Waals surface area contributed by atoms with Gasteiger partial charge in [0.25, 0.3) is 0 Å². The van der Waals surface area contributed by atoms with E-state index in [2.05, 4.69) is 71.2 Å². The Morgan fingerprint density at radius 3 is 1.36 bits per heavy atom. The first kappa shape index (κ1) is 36.9. The van der Waals surface area contributed by atoms with Gasteiger partial charge >= 0.3 is 0 Å². The van der Waals surface area contributed by atoms with Gasteiger partial charge < -0.3 is 8.80 Å². The molecule has 4 heteroatoms. The molecule has 0 spiro atoms. The van der Waals surface area contributed by atoms with Crippen molar-refractivity contribution >= 4 is 87.8 Å². The highest BCUT2D eigenvalue weighted by atomic mass is 16.1. The van der Waals surface area contributed by atoms with Crippen LogP contribution in [0.25, 0.3) is 76.2 Å². The van der Waals surface area contributed by atoms with E-state index >= 15 is 4.79 Å². The Morgan fingerprint density at radius 1 is 0.457 bits per heavy atom. The zero-order chi connectivity index (χ0) is 47.4. The summed E-state index contributed by atoms with van der Waals surface area (Å²) < 4.78 is 26.7. The standard InChI is InChI=1S/C66H64N2O2/c1-63-7-9-64(2,10-8-63)62(70)53-26-58-45(22-54(53)63)49-18-42(66-30-36-14-37(31-66)16-38(15-36)32-66)20-51-47-23-55-46(24-56(47)68(58)60(49)51)50-19-41(65-27-33-11-34(28-65)13-35(12-33)29-65)17-48-44-21-43-39-3-5-40(6-4-39)61(69)52(43)25-57(44)67(55)59(48)50/h17-26,33-40H,3-16,27-32H2,1-2H3/i23D,24D. The van der Waals surface area contributed by atoms with Crippen LogP contribution >= 0.6 is 0 Å². The van der Waals surface area contributed by atoms with Gasteiger partial charge in [-0.05, 0) is 269 Å². The summed E-state index contributed by atoms with van der Waals surface area (Å²) in [6.45, 7) is 4.65. The van der Waals surface area contributed by atoms with Crippen LogP contribution in [0, 0.1) is 46.8 Å². The molecule has 10 fully saturated rings. The SMILES string of the molecule is [2H]c1c2c3cc(C45CC6CC(CC(C6)C4)C5)cc4c5cc6c(cc5n(c2c([2H])c2c5cc(C78CC9CC(CC(C9)C7)C8)cc7c8cc9c(cc8n(c12)c75)C(=O)C1CCC9CC1)c43)C(=O)C1(C)CCC6(C)CC1. The first-order valence-electron chi connectivity index (χ1n) is 29.5. The molecule has 350 valence electrons. The third-order valence-corrected chi connectivity index (χ3v) is 24.0. The number of ketones is 2. The Bertz CT molecular complexity index is 4000. The van der Waals surface area contributed by atoms with E-state index in [1.807, 2.05) is 0 Å². The molecule has 9 aromatic rings. The molecule has 0 N–H and O–H groups in total. The number of hydrogen-bond acceptors (Lipinski definition) is 2. The lowest BCUT2D eigenvalue weighted by molar-refractivity contribution is -0.00520. The van der Waals surface area contributed by atoms with Gasteiger partial charge in [-0.1, -0.05) is 13.8 Å². The molecule has 0 saturated heterocycles. The smallest absolute Gasteiger partial charge is 0.169 e. The number of benzene rings is 5. The van der Waals surface area contributed by atoms with Crippen LogP contribution in [-0.2, 0) is 16.2 Å². The summed E-state index contributed by atoms with van der Waals surface area (Å²) >= 11 is 0. The third-order valence-electron chi connectivity index (χ3n) is 24.0. The lowest BCUT2D eigenvalue weighted by Crippen LogP contribution is -2.48. The molecule has 14 aliphatic rings. The summed E-state index contributed by atoms with van der Waals surface area (Å²) in [5.41, 5.74) is 13.1. The van der Waals surface area contributed by atoms with Crippen molar-refractivity contribution in [1.82, 2.24) is 8.80 Å². The Labute approximate surface area is 412 Å². The molecule has 0 amide bonds.